The van der Waals surface area contributed by atoms with Crippen molar-refractivity contribution in [2.75, 3.05) is 19.6 Å². The minimum absolute atomic E-state index is 0.274. The molecule has 0 bridgehead atoms. The van der Waals surface area contributed by atoms with E-state index in [9.17, 15) is 4.79 Å². The van der Waals surface area contributed by atoms with Crippen molar-refractivity contribution < 1.29 is 4.79 Å². The molecule has 0 aromatic heterocycles. The van der Waals surface area contributed by atoms with Crippen LogP contribution in [0, 0.1) is 17.8 Å². The van der Waals surface area contributed by atoms with E-state index >= 15 is 0 Å². The number of nitrogens with zero attached hydrogens (tertiary/aromatic N) is 1. The molecule has 2 heterocycles. The van der Waals surface area contributed by atoms with Crippen LogP contribution in [0.3, 0.4) is 0 Å². The molecular weight excluding hydrogens is 236 g/mol. The van der Waals surface area contributed by atoms with Gasteiger partial charge in [-0.05, 0) is 31.1 Å². The predicted octanol–water partition coefficient (Wildman–Crippen LogP) is 2.66. The maximum Gasteiger partial charge on any atom is 0.225 e. The molecule has 2 aliphatic heterocycles. The summed E-state index contributed by atoms with van der Waals surface area (Å²) in [6.07, 6.45) is 5.48. The first-order chi connectivity index (χ1) is 9.22. The average molecular weight is 266 g/mol. The third kappa shape index (κ3) is 2.96. The summed E-state index contributed by atoms with van der Waals surface area (Å²) in [6.45, 7) is 9.83. The molecule has 3 nitrogen and oxygen atoms in total. The molecule has 2 saturated heterocycles. The molecule has 1 N–H and O–H groups in total. The van der Waals surface area contributed by atoms with E-state index in [-0.39, 0.29) is 5.92 Å². The number of hydrogen-bond donors (Lipinski definition) is 1. The zero-order valence-corrected chi connectivity index (χ0v) is 12.8. The third-order valence-corrected chi connectivity index (χ3v) is 5.04. The summed E-state index contributed by atoms with van der Waals surface area (Å²) in [6, 6.07) is 0.490. The van der Waals surface area contributed by atoms with Crippen molar-refractivity contribution in [3.05, 3.63) is 0 Å². The fraction of sp³-hybridized carbons (Fsp3) is 0.938. The molecule has 3 unspecified atom stereocenters. The quantitative estimate of drug-likeness (QED) is 0.801. The van der Waals surface area contributed by atoms with Gasteiger partial charge in [-0.25, -0.2) is 0 Å². The number of fused-ring (bicyclic) bond motifs is 1. The lowest BCUT2D eigenvalue weighted by atomic mass is 9.92. The highest BCUT2D eigenvalue weighted by Gasteiger charge is 2.45. The lowest BCUT2D eigenvalue weighted by Gasteiger charge is -2.30. The molecule has 0 spiro atoms. The van der Waals surface area contributed by atoms with Gasteiger partial charge in [-0.1, -0.05) is 33.6 Å². The predicted molar refractivity (Wildman–Crippen MR) is 78.9 cm³/mol. The van der Waals surface area contributed by atoms with E-state index in [0.29, 0.717) is 23.8 Å². The van der Waals surface area contributed by atoms with Gasteiger partial charge >= 0.3 is 0 Å². The number of rotatable bonds is 6. The van der Waals surface area contributed by atoms with E-state index < -0.39 is 0 Å². The van der Waals surface area contributed by atoms with Crippen molar-refractivity contribution >= 4 is 5.91 Å². The average Bonchev–Trinajstić information content (AvgIpc) is 2.97. The Morgan fingerprint density at radius 3 is 2.47 bits per heavy atom. The van der Waals surface area contributed by atoms with Crippen LogP contribution in [0.25, 0.3) is 0 Å². The lowest BCUT2D eigenvalue weighted by Crippen LogP contribution is -2.42. The number of carbonyl (C=O) groups is 1. The van der Waals surface area contributed by atoms with Crippen molar-refractivity contribution in [1.82, 2.24) is 10.2 Å². The molecular formula is C16H30N2O. The highest BCUT2D eigenvalue weighted by Crippen LogP contribution is 2.35. The number of carbonyl (C=O) groups excluding carboxylic acids is 1. The highest BCUT2D eigenvalue weighted by atomic mass is 16.2. The molecule has 0 aliphatic carbocycles. The molecule has 19 heavy (non-hydrogen) atoms. The molecule has 110 valence electrons. The van der Waals surface area contributed by atoms with Gasteiger partial charge in [-0.3, -0.25) is 4.79 Å². The van der Waals surface area contributed by atoms with Crippen LogP contribution in [0.5, 0.6) is 0 Å². The third-order valence-electron chi connectivity index (χ3n) is 5.04. The van der Waals surface area contributed by atoms with Gasteiger partial charge in [0.1, 0.15) is 0 Å². The van der Waals surface area contributed by atoms with Crippen molar-refractivity contribution in [3.8, 4) is 0 Å². The molecule has 2 aliphatic rings. The summed E-state index contributed by atoms with van der Waals surface area (Å²) in [5, 5.41) is 3.49. The standard InChI is InChI=1S/C16H30N2O/c1-4-7-12(8-5-2)16(19)18-11-13-9-17-10-14(13)15(18)6-3/h12-15,17H,4-11H2,1-3H3. The smallest absolute Gasteiger partial charge is 0.225 e. The van der Waals surface area contributed by atoms with Gasteiger partial charge in [-0.15, -0.1) is 0 Å². The summed E-state index contributed by atoms with van der Waals surface area (Å²) in [7, 11) is 0. The summed E-state index contributed by atoms with van der Waals surface area (Å²) in [4.78, 5) is 15.1. The number of nitrogens with one attached hydrogen (secondary N) is 1. The number of likely N-dealkylation sites (tertiary alicyclic amines) is 1. The zero-order valence-electron chi connectivity index (χ0n) is 12.8. The van der Waals surface area contributed by atoms with E-state index in [1.807, 2.05) is 0 Å². The summed E-state index contributed by atoms with van der Waals surface area (Å²) in [5.41, 5.74) is 0. The molecule has 3 atom stereocenters. The van der Waals surface area contributed by atoms with Gasteiger partial charge in [0.05, 0.1) is 0 Å². The summed E-state index contributed by atoms with van der Waals surface area (Å²) < 4.78 is 0. The molecule has 0 radical (unpaired) electrons. The molecule has 0 saturated carbocycles. The Kier molecular flexibility index (Phi) is 5.26. The summed E-state index contributed by atoms with van der Waals surface area (Å²) >= 11 is 0. The van der Waals surface area contributed by atoms with Gasteiger partial charge in [0.15, 0.2) is 0 Å². The van der Waals surface area contributed by atoms with E-state index in [1.54, 1.807) is 0 Å². The van der Waals surface area contributed by atoms with Crippen LogP contribution in [0.1, 0.15) is 52.9 Å². The Morgan fingerprint density at radius 1 is 1.21 bits per heavy atom. The largest absolute Gasteiger partial charge is 0.339 e. The Morgan fingerprint density at radius 2 is 1.89 bits per heavy atom. The van der Waals surface area contributed by atoms with Crippen LogP contribution < -0.4 is 5.32 Å². The second-order valence-electron chi connectivity index (χ2n) is 6.32. The fourth-order valence-electron chi connectivity index (χ4n) is 4.12. The van der Waals surface area contributed by atoms with Crippen molar-refractivity contribution in [2.45, 2.75) is 58.9 Å². The molecule has 2 rings (SSSR count). The SMILES string of the molecule is CCCC(CCC)C(=O)N1CC2CNCC2C1CC. The maximum atomic E-state index is 12.8. The van der Waals surface area contributed by atoms with E-state index in [2.05, 4.69) is 31.0 Å². The molecule has 1 amide bonds. The first-order valence-electron chi connectivity index (χ1n) is 8.24. The maximum absolute atomic E-state index is 12.8. The van der Waals surface area contributed by atoms with Crippen LogP contribution in [-0.4, -0.2) is 36.5 Å². The van der Waals surface area contributed by atoms with Gasteiger partial charge in [0, 0.05) is 31.6 Å². The Labute approximate surface area is 118 Å². The fourth-order valence-corrected chi connectivity index (χ4v) is 4.12. The minimum Gasteiger partial charge on any atom is -0.339 e. The zero-order chi connectivity index (χ0) is 13.8. The van der Waals surface area contributed by atoms with E-state index in [0.717, 1.165) is 51.7 Å². The van der Waals surface area contributed by atoms with Crippen LogP contribution in [0.15, 0.2) is 0 Å². The summed E-state index contributed by atoms with van der Waals surface area (Å²) in [5.74, 6) is 2.14. The topological polar surface area (TPSA) is 32.3 Å². The van der Waals surface area contributed by atoms with Crippen molar-refractivity contribution in [3.63, 3.8) is 0 Å². The van der Waals surface area contributed by atoms with E-state index in [1.165, 1.54) is 0 Å². The van der Waals surface area contributed by atoms with Crippen LogP contribution in [-0.2, 0) is 4.79 Å². The Bertz CT molecular complexity index is 299. The van der Waals surface area contributed by atoms with Gasteiger partial charge < -0.3 is 10.2 Å². The van der Waals surface area contributed by atoms with Crippen LogP contribution in [0.4, 0.5) is 0 Å². The van der Waals surface area contributed by atoms with Crippen LogP contribution in [0.2, 0.25) is 0 Å². The molecule has 0 aromatic carbocycles. The normalized spacial score (nSPS) is 30.1. The van der Waals surface area contributed by atoms with E-state index in [4.69, 9.17) is 0 Å². The van der Waals surface area contributed by atoms with Gasteiger partial charge in [0.25, 0.3) is 0 Å². The molecule has 3 heteroatoms. The minimum atomic E-state index is 0.274. The second-order valence-corrected chi connectivity index (χ2v) is 6.32. The molecule has 0 aromatic rings. The van der Waals surface area contributed by atoms with Gasteiger partial charge in [-0.2, -0.15) is 0 Å². The van der Waals surface area contributed by atoms with Gasteiger partial charge in [0.2, 0.25) is 5.91 Å². The van der Waals surface area contributed by atoms with Crippen molar-refractivity contribution in [2.24, 2.45) is 17.8 Å². The number of hydrogen-bond acceptors (Lipinski definition) is 2. The Balaban J connectivity index is 2.04. The van der Waals surface area contributed by atoms with Crippen molar-refractivity contribution in [1.29, 1.82) is 0 Å². The molecule has 2 fully saturated rings. The monoisotopic (exact) mass is 266 g/mol. The Hall–Kier alpha value is -0.570. The first kappa shape index (κ1) is 14.8. The van der Waals surface area contributed by atoms with Crippen LogP contribution >= 0.6 is 0 Å². The number of amides is 1. The lowest BCUT2D eigenvalue weighted by molar-refractivity contribution is -0.137. The highest BCUT2D eigenvalue weighted by molar-refractivity contribution is 5.79. The second kappa shape index (κ2) is 6.74. The first-order valence-corrected chi connectivity index (χ1v) is 8.24.